The zero-order chi connectivity index (χ0) is 13.5. The summed E-state index contributed by atoms with van der Waals surface area (Å²) in [5, 5.41) is 3.54. The van der Waals surface area contributed by atoms with Crippen LogP contribution in [0.2, 0.25) is 0 Å². The van der Waals surface area contributed by atoms with E-state index in [2.05, 4.69) is 48.1 Å². The third kappa shape index (κ3) is 2.92. The van der Waals surface area contributed by atoms with Gasteiger partial charge in [0.2, 0.25) is 0 Å². The van der Waals surface area contributed by atoms with E-state index in [9.17, 15) is 0 Å². The standard InChI is InChI=1S/C16H25N3/c1-16(2,3)18-10-12-6-7-17-15(9-12)19-11-13-4-5-14(19)8-13/h6-7,9,13-14,18H,4-5,8,10-11H2,1-3H3. The first-order chi connectivity index (χ1) is 9.01. The van der Waals surface area contributed by atoms with E-state index in [4.69, 9.17) is 0 Å². The van der Waals surface area contributed by atoms with Crippen molar-refractivity contribution >= 4 is 5.82 Å². The highest BCUT2D eigenvalue weighted by Crippen LogP contribution is 2.39. The van der Waals surface area contributed by atoms with E-state index in [0.717, 1.165) is 18.5 Å². The van der Waals surface area contributed by atoms with Crippen LogP contribution in [0.15, 0.2) is 18.3 Å². The van der Waals surface area contributed by atoms with Crippen molar-refractivity contribution in [3.8, 4) is 0 Å². The van der Waals surface area contributed by atoms with Gasteiger partial charge in [-0.15, -0.1) is 0 Å². The van der Waals surface area contributed by atoms with Crippen LogP contribution in [-0.4, -0.2) is 23.1 Å². The largest absolute Gasteiger partial charge is 0.353 e. The Morgan fingerprint density at radius 1 is 1.37 bits per heavy atom. The predicted molar refractivity (Wildman–Crippen MR) is 79.3 cm³/mol. The maximum absolute atomic E-state index is 4.58. The number of anilines is 1. The van der Waals surface area contributed by atoms with Gasteiger partial charge < -0.3 is 10.2 Å². The highest BCUT2D eigenvalue weighted by atomic mass is 15.2. The molecule has 104 valence electrons. The molecule has 2 aliphatic rings. The van der Waals surface area contributed by atoms with E-state index in [1.807, 2.05) is 6.20 Å². The fourth-order valence-corrected chi connectivity index (χ4v) is 3.30. The van der Waals surface area contributed by atoms with Crippen LogP contribution in [0, 0.1) is 5.92 Å². The number of piperidine rings is 1. The Balaban J connectivity index is 1.70. The minimum absolute atomic E-state index is 0.163. The van der Waals surface area contributed by atoms with Gasteiger partial charge in [-0.1, -0.05) is 0 Å². The number of nitrogens with zero attached hydrogens (tertiary/aromatic N) is 2. The quantitative estimate of drug-likeness (QED) is 0.904. The van der Waals surface area contributed by atoms with Gasteiger partial charge in [-0.2, -0.15) is 0 Å². The number of aromatic nitrogens is 1. The van der Waals surface area contributed by atoms with Crippen molar-refractivity contribution in [1.29, 1.82) is 0 Å². The molecule has 2 unspecified atom stereocenters. The molecule has 0 aromatic carbocycles. The SMILES string of the molecule is CC(C)(C)NCc1ccnc(N2CC3CCC2C3)c1. The summed E-state index contributed by atoms with van der Waals surface area (Å²) in [5.74, 6) is 2.10. The maximum atomic E-state index is 4.58. The number of rotatable bonds is 3. The fraction of sp³-hybridized carbons (Fsp3) is 0.688. The highest BCUT2D eigenvalue weighted by molar-refractivity contribution is 5.44. The molecule has 2 fully saturated rings. The highest BCUT2D eigenvalue weighted by Gasteiger charge is 2.38. The number of hydrogen-bond donors (Lipinski definition) is 1. The summed E-state index contributed by atoms with van der Waals surface area (Å²) >= 11 is 0. The Bertz CT molecular complexity index is 450. The van der Waals surface area contributed by atoms with Crippen molar-refractivity contribution in [1.82, 2.24) is 10.3 Å². The summed E-state index contributed by atoms with van der Waals surface area (Å²) in [7, 11) is 0. The first-order valence-corrected chi connectivity index (χ1v) is 7.48. The van der Waals surface area contributed by atoms with Gasteiger partial charge in [-0.25, -0.2) is 4.98 Å². The van der Waals surface area contributed by atoms with Crippen LogP contribution < -0.4 is 10.2 Å². The van der Waals surface area contributed by atoms with Gasteiger partial charge in [0, 0.05) is 30.9 Å². The average molecular weight is 259 g/mol. The molecule has 2 heterocycles. The molecule has 1 aliphatic carbocycles. The molecule has 1 saturated heterocycles. The third-order valence-corrected chi connectivity index (χ3v) is 4.34. The molecule has 1 saturated carbocycles. The van der Waals surface area contributed by atoms with Gasteiger partial charge in [0.05, 0.1) is 0 Å². The van der Waals surface area contributed by atoms with E-state index in [-0.39, 0.29) is 5.54 Å². The van der Waals surface area contributed by atoms with Gasteiger partial charge in [-0.3, -0.25) is 0 Å². The smallest absolute Gasteiger partial charge is 0.129 e. The van der Waals surface area contributed by atoms with Crippen molar-refractivity contribution in [2.75, 3.05) is 11.4 Å². The molecule has 3 nitrogen and oxygen atoms in total. The number of pyridine rings is 1. The Kier molecular flexibility index (Phi) is 3.25. The third-order valence-electron chi connectivity index (χ3n) is 4.34. The van der Waals surface area contributed by atoms with Gasteiger partial charge in [-0.05, 0) is 63.6 Å². The molecule has 1 aromatic rings. The molecule has 1 N–H and O–H groups in total. The molecule has 1 aromatic heterocycles. The van der Waals surface area contributed by atoms with Crippen LogP contribution in [0.25, 0.3) is 0 Å². The first kappa shape index (κ1) is 12.9. The Labute approximate surface area is 116 Å². The molecule has 2 bridgehead atoms. The number of nitrogens with one attached hydrogen (secondary N) is 1. The molecule has 3 rings (SSSR count). The zero-order valence-corrected chi connectivity index (χ0v) is 12.3. The van der Waals surface area contributed by atoms with Gasteiger partial charge in [0.25, 0.3) is 0 Å². The second-order valence-electron chi connectivity index (χ2n) is 7.11. The van der Waals surface area contributed by atoms with E-state index < -0.39 is 0 Å². The maximum Gasteiger partial charge on any atom is 0.129 e. The van der Waals surface area contributed by atoms with Crippen LogP contribution in [0.1, 0.15) is 45.6 Å². The van der Waals surface area contributed by atoms with Crippen molar-refractivity contribution in [2.45, 2.75) is 58.2 Å². The number of fused-ring (bicyclic) bond motifs is 2. The molecule has 0 spiro atoms. The molecular formula is C16H25N3. The molecule has 3 heteroatoms. The monoisotopic (exact) mass is 259 g/mol. The van der Waals surface area contributed by atoms with Crippen LogP contribution in [0.3, 0.4) is 0 Å². The summed E-state index contributed by atoms with van der Waals surface area (Å²) in [6.45, 7) is 8.74. The summed E-state index contributed by atoms with van der Waals surface area (Å²) < 4.78 is 0. The molecule has 0 radical (unpaired) electrons. The lowest BCUT2D eigenvalue weighted by atomic mass is 10.1. The lowest BCUT2D eigenvalue weighted by molar-refractivity contribution is 0.424. The Morgan fingerprint density at radius 3 is 2.84 bits per heavy atom. The van der Waals surface area contributed by atoms with Gasteiger partial charge in [0.15, 0.2) is 0 Å². The first-order valence-electron chi connectivity index (χ1n) is 7.48. The lowest BCUT2D eigenvalue weighted by Crippen LogP contribution is -2.35. The fourth-order valence-electron chi connectivity index (χ4n) is 3.30. The molecule has 2 atom stereocenters. The van der Waals surface area contributed by atoms with E-state index in [0.29, 0.717) is 0 Å². The molecule has 1 aliphatic heterocycles. The lowest BCUT2D eigenvalue weighted by Gasteiger charge is -2.28. The van der Waals surface area contributed by atoms with Crippen molar-refractivity contribution in [2.24, 2.45) is 5.92 Å². The van der Waals surface area contributed by atoms with Crippen LogP contribution in [-0.2, 0) is 6.54 Å². The Morgan fingerprint density at radius 2 is 2.21 bits per heavy atom. The number of hydrogen-bond acceptors (Lipinski definition) is 3. The summed E-state index contributed by atoms with van der Waals surface area (Å²) in [6, 6.07) is 5.14. The van der Waals surface area contributed by atoms with Crippen molar-refractivity contribution in [3.05, 3.63) is 23.9 Å². The van der Waals surface area contributed by atoms with Crippen LogP contribution in [0.4, 0.5) is 5.82 Å². The normalized spacial score (nSPS) is 26.2. The second-order valence-corrected chi connectivity index (χ2v) is 7.11. The second kappa shape index (κ2) is 4.78. The van der Waals surface area contributed by atoms with Crippen LogP contribution >= 0.6 is 0 Å². The minimum Gasteiger partial charge on any atom is -0.353 e. The Hall–Kier alpha value is -1.09. The minimum atomic E-state index is 0.163. The topological polar surface area (TPSA) is 28.2 Å². The summed E-state index contributed by atoms with van der Waals surface area (Å²) in [4.78, 5) is 7.11. The van der Waals surface area contributed by atoms with Crippen molar-refractivity contribution < 1.29 is 0 Å². The summed E-state index contributed by atoms with van der Waals surface area (Å²) in [6.07, 6.45) is 6.12. The molecule has 0 amide bonds. The van der Waals surface area contributed by atoms with E-state index in [1.165, 1.54) is 37.2 Å². The van der Waals surface area contributed by atoms with E-state index >= 15 is 0 Å². The average Bonchev–Trinajstić information content (AvgIpc) is 2.98. The summed E-state index contributed by atoms with van der Waals surface area (Å²) in [5.41, 5.74) is 1.50. The van der Waals surface area contributed by atoms with Crippen molar-refractivity contribution in [3.63, 3.8) is 0 Å². The van der Waals surface area contributed by atoms with E-state index in [1.54, 1.807) is 0 Å². The zero-order valence-electron chi connectivity index (χ0n) is 12.3. The van der Waals surface area contributed by atoms with Gasteiger partial charge in [0.1, 0.15) is 5.82 Å². The molecular weight excluding hydrogens is 234 g/mol. The van der Waals surface area contributed by atoms with Crippen LogP contribution in [0.5, 0.6) is 0 Å². The predicted octanol–water partition coefficient (Wildman–Crippen LogP) is 2.96. The molecule has 19 heavy (non-hydrogen) atoms. The van der Waals surface area contributed by atoms with Gasteiger partial charge >= 0.3 is 0 Å².